The first kappa shape index (κ1) is 12.5. The van der Waals surface area contributed by atoms with E-state index in [2.05, 4.69) is 48.3 Å². The van der Waals surface area contributed by atoms with E-state index in [-0.39, 0.29) is 5.54 Å². The number of hydrogen-bond donors (Lipinski definition) is 1. The van der Waals surface area contributed by atoms with Gasteiger partial charge < -0.3 is 10.2 Å². The summed E-state index contributed by atoms with van der Waals surface area (Å²) in [6.45, 7) is 7.22. The van der Waals surface area contributed by atoms with E-state index in [4.69, 9.17) is 11.6 Å². The lowest BCUT2D eigenvalue weighted by molar-refractivity contribution is 0.398. The molecule has 2 rings (SSSR count). The van der Waals surface area contributed by atoms with Crippen LogP contribution in [0.15, 0.2) is 35.9 Å². The van der Waals surface area contributed by atoms with Gasteiger partial charge in [-0.25, -0.2) is 0 Å². The smallest absolute Gasteiger partial charge is 0.0415 e. The van der Waals surface area contributed by atoms with Crippen molar-refractivity contribution in [1.82, 2.24) is 5.32 Å². The van der Waals surface area contributed by atoms with Crippen molar-refractivity contribution < 1.29 is 0 Å². The number of rotatable bonds is 2. The molecule has 0 fully saturated rings. The highest BCUT2D eigenvalue weighted by Gasteiger charge is 2.25. The van der Waals surface area contributed by atoms with Crippen molar-refractivity contribution in [2.45, 2.75) is 25.9 Å². The Bertz CT molecular complexity index is 412. The Morgan fingerprint density at radius 3 is 2.94 bits per heavy atom. The molecule has 1 N–H and O–H groups in total. The van der Waals surface area contributed by atoms with Crippen LogP contribution in [0.2, 0.25) is 0 Å². The van der Waals surface area contributed by atoms with Gasteiger partial charge in [-0.3, -0.25) is 0 Å². The second kappa shape index (κ2) is 5.11. The molecule has 0 saturated heterocycles. The van der Waals surface area contributed by atoms with E-state index < -0.39 is 0 Å². The molecule has 0 saturated carbocycles. The summed E-state index contributed by atoms with van der Waals surface area (Å²) in [5.74, 6) is 0. The van der Waals surface area contributed by atoms with Gasteiger partial charge in [0.15, 0.2) is 0 Å². The number of hydrogen-bond acceptors (Lipinski definition) is 2. The molecule has 0 unspecified atom stereocenters. The Morgan fingerprint density at radius 2 is 2.18 bits per heavy atom. The summed E-state index contributed by atoms with van der Waals surface area (Å²) < 4.78 is 0. The number of anilines is 1. The second-order valence-corrected chi connectivity index (χ2v) is 5.36. The quantitative estimate of drug-likeness (QED) is 0.868. The Morgan fingerprint density at radius 1 is 1.41 bits per heavy atom. The van der Waals surface area contributed by atoms with E-state index in [1.54, 1.807) is 5.54 Å². The van der Waals surface area contributed by atoms with Crippen LogP contribution in [0.3, 0.4) is 0 Å². The predicted octanol–water partition coefficient (Wildman–Crippen LogP) is 3.13. The Kier molecular flexibility index (Phi) is 3.75. The summed E-state index contributed by atoms with van der Waals surface area (Å²) >= 11 is 5.64. The largest absolute Gasteiger partial charge is 0.366 e. The van der Waals surface area contributed by atoms with Gasteiger partial charge in [0.05, 0.1) is 0 Å². The summed E-state index contributed by atoms with van der Waals surface area (Å²) in [6.07, 6.45) is 1.99. The van der Waals surface area contributed by atoms with Crippen molar-refractivity contribution in [3.63, 3.8) is 0 Å². The van der Waals surface area contributed by atoms with Crippen molar-refractivity contribution in [3.8, 4) is 0 Å². The third-order valence-electron chi connectivity index (χ3n) is 3.09. The molecule has 0 atom stereocenters. The van der Waals surface area contributed by atoms with E-state index in [9.17, 15) is 0 Å². The maximum atomic E-state index is 5.64. The third kappa shape index (κ3) is 3.02. The average Bonchev–Trinajstić information content (AvgIpc) is 2.44. The molecule has 92 valence electrons. The van der Waals surface area contributed by atoms with Crippen molar-refractivity contribution in [3.05, 3.63) is 41.4 Å². The molecule has 0 aromatic heterocycles. The zero-order valence-electron chi connectivity index (χ0n) is 10.4. The minimum Gasteiger partial charge on any atom is -0.366 e. The molecule has 0 amide bonds. The molecule has 0 spiro atoms. The van der Waals surface area contributed by atoms with Crippen LogP contribution in [0.5, 0.6) is 0 Å². The van der Waals surface area contributed by atoms with Gasteiger partial charge in [0, 0.05) is 36.4 Å². The zero-order chi connectivity index (χ0) is 12.3. The third-order valence-corrected chi connectivity index (χ3v) is 3.27. The van der Waals surface area contributed by atoms with Gasteiger partial charge in [0.2, 0.25) is 0 Å². The first-order valence-electron chi connectivity index (χ1n) is 5.95. The summed E-state index contributed by atoms with van der Waals surface area (Å²) in [7, 11) is 0. The topological polar surface area (TPSA) is 15.3 Å². The van der Waals surface area contributed by atoms with Crippen LogP contribution in [0.25, 0.3) is 0 Å². The van der Waals surface area contributed by atoms with Crippen molar-refractivity contribution in [2.24, 2.45) is 0 Å². The van der Waals surface area contributed by atoms with Gasteiger partial charge in [-0.1, -0.05) is 35.9 Å². The molecule has 1 aliphatic heterocycles. The van der Waals surface area contributed by atoms with Gasteiger partial charge in [0.1, 0.15) is 0 Å². The lowest BCUT2D eigenvalue weighted by Gasteiger charge is -2.31. The van der Waals surface area contributed by atoms with Crippen LogP contribution >= 0.6 is 11.6 Å². The van der Waals surface area contributed by atoms with Crippen LogP contribution in [0.1, 0.15) is 19.4 Å². The molecule has 0 aliphatic carbocycles. The van der Waals surface area contributed by atoms with Crippen molar-refractivity contribution in [1.29, 1.82) is 0 Å². The molecule has 1 heterocycles. The van der Waals surface area contributed by atoms with Crippen molar-refractivity contribution in [2.75, 3.05) is 18.0 Å². The number of fused-ring (bicyclic) bond motifs is 1. The predicted molar refractivity (Wildman–Crippen MR) is 74.6 cm³/mol. The minimum absolute atomic E-state index is 0.110. The molecule has 3 heteroatoms. The minimum atomic E-state index is 0.110. The monoisotopic (exact) mass is 250 g/mol. The maximum absolute atomic E-state index is 5.64. The fourth-order valence-electron chi connectivity index (χ4n) is 2.25. The molecule has 1 aromatic carbocycles. The van der Waals surface area contributed by atoms with E-state index in [0.717, 1.165) is 19.6 Å². The average molecular weight is 251 g/mol. The molecule has 1 aromatic rings. The van der Waals surface area contributed by atoms with Gasteiger partial charge in [-0.15, -0.1) is 0 Å². The fourth-order valence-corrected chi connectivity index (χ4v) is 2.33. The summed E-state index contributed by atoms with van der Waals surface area (Å²) in [5, 5.41) is 3.58. The second-order valence-electron chi connectivity index (χ2n) is 5.11. The summed E-state index contributed by atoms with van der Waals surface area (Å²) in [4.78, 5) is 2.37. The molecular formula is C14H19ClN2. The first-order chi connectivity index (χ1) is 8.12. The number of nitrogens with one attached hydrogen (secondary N) is 1. The standard InChI is InChI=1S/C14H19ClN2/c1-14(2)11-17(9-5-8-15)13-7-4-3-6-12(13)10-16-14/h3-8,16H,9-11H2,1-2H3/b8-5+. The summed E-state index contributed by atoms with van der Waals surface area (Å²) in [6, 6.07) is 8.55. The fraction of sp³-hybridized carbons (Fsp3) is 0.429. The van der Waals surface area contributed by atoms with Crippen LogP contribution in [0, 0.1) is 0 Å². The zero-order valence-corrected chi connectivity index (χ0v) is 11.2. The molecular weight excluding hydrogens is 232 g/mol. The Balaban J connectivity index is 2.32. The van der Waals surface area contributed by atoms with Crippen molar-refractivity contribution >= 4 is 17.3 Å². The Hall–Kier alpha value is -0.990. The molecule has 0 radical (unpaired) electrons. The summed E-state index contributed by atoms with van der Waals surface area (Å²) in [5.41, 5.74) is 4.36. The van der Waals surface area contributed by atoms with E-state index >= 15 is 0 Å². The van der Waals surface area contributed by atoms with E-state index in [1.807, 2.05) is 6.08 Å². The molecule has 0 bridgehead atoms. The van der Waals surface area contributed by atoms with Crippen LogP contribution in [0.4, 0.5) is 5.69 Å². The highest BCUT2D eigenvalue weighted by Crippen LogP contribution is 2.26. The van der Waals surface area contributed by atoms with Crippen LogP contribution < -0.4 is 10.2 Å². The lowest BCUT2D eigenvalue weighted by atomic mass is 10.1. The highest BCUT2D eigenvalue weighted by atomic mass is 35.5. The number of benzene rings is 1. The molecule has 2 nitrogen and oxygen atoms in total. The number of halogens is 1. The molecule has 1 aliphatic rings. The van der Waals surface area contributed by atoms with E-state index in [1.165, 1.54) is 11.3 Å². The maximum Gasteiger partial charge on any atom is 0.0415 e. The van der Waals surface area contributed by atoms with Crippen LogP contribution in [-0.4, -0.2) is 18.6 Å². The van der Waals surface area contributed by atoms with Crippen LogP contribution in [-0.2, 0) is 6.54 Å². The van der Waals surface area contributed by atoms with E-state index in [0.29, 0.717) is 0 Å². The normalized spacial score (nSPS) is 19.1. The SMILES string of the molecule is CC1(C)CN(C/C=C/Cl)c2ccccc2CN1. The van der Waals surface area contributed by atoms with Gasteiger partial charge in [0.25, 0.3) is 0 Å². The van der Waals surface area contributed by atoms with Gasteiger partial charge in [-0.05, 0) is 25.5 Å². The van der Waals surface area contributed by atoms with Gasteiger partial charge >= 0.3 is 0 Å². The number of nitrogens with zero attached hydrogens (tertiary/aromatic N) is 1. The lowest BCUT2D eigenvalue weighted by Crippen LogP contribution is -2.46. The van der Waals surface area contributed by atoms with Gasteiger partial charge in [-0.2, -0.15) is 0 Å². The first-order valence-corrected chi connectivity index (χ1v) is 6.39. The number of para-hydroxylation sites is 1. The highest BCUT2D eigenvalue weighted by molar-refractivity contribution is 6.25. The molecule has 17 heavy (non-hydrogen) atoms. The Labute approximate surface area is 108 Å².